The second-order valence-electron chi connectivity index (χ2n) is 2.84. The Bertz CT molecular complexity index is 423. The number of nitrogens with zero attached hydrogens (tertiary/aromatic N) is 1. The number of carbonyl (C=O) groups is 1. The Labute approximate surface area is 85.9 Å². The smallest absolute Gasteiger partial charge is 0.181 e. The maximum Gasteiger partial charge on any atom is 0.181 e. The van der Waals surface area contributed by atoms with E-state index in [1.165, 1.54) is 12.1 Å². The first-order valence-electron chi connectivity index (χ1n) is 3.89. The van der Waals surface area contributed by atoms with Crippen molar-refractivity contribution in [3.63, 3.8) is 0 Å². The van der Waals surface area contributed by atoms with Gasteiger partial charge in [-0.2, -0.15) is 5.26 Å². The number of halogens is 2. The van der Waals surface area contributed by atoms with E-state index >= 15 is 0 Å². The van der Waals surface area contributed by atoms with Crippen LogP contribution in [0.5, 0.6) is 0 Å². The molecule has 0 saturated heterocycles. The van der Waals surface area contributed by atoms with Gasteiger partial charge >= 0.3 is 0 Å². The predicted octanol–water partition coefficient (Wildman–Crippen LogP) is 2.43. The number of rotatable bonds is 2. The monoisotopic (exact) mass is 211 g/mol. The van der Waals surface area contributed by atoms with Gasteiger partial charge in [-0.1, -0.05) is 0 Å². The lowest BCUT2D eigenvalue weighted by Gasteiger charge is -2.03. The van der Waals surface area contributed by atoms with Gasteiger partial charge in [0.2, 0.25) is 0 Å². The van der Waals surface area contributed by atoms with Crippen molar-refractivity contribution in [2.75, 3.05) is 5.88 Å². The molecule has 0 bridgehead atoms. The Kier molecular flexibility index (Phi) is 3.21. The molecule has 0 aliphatic rings. The molecule has 1 rings (SSSR count). The van der Waals surface area contributed by atoms with Crippen molar-refractivity contribution in [1.82, 2.24) is 0 Å². The molecule has 0 radical (unpaired) electrons. The summed E-state index contributed by atoms with van der Waals surface area (Å²) < 4.78 is 13.3. The third kappa shape index (κ3) is 1.91. The van der Waals surface area contributed by atoms with E-state index in [1.807, 2.05) is 0 Å². The van der Waals surface area contributed by atoms with Gasteiger partial charge in [0.1, 0.15) is 11.9 Å². The lowest BCUT2D eigenvalue weighted by Crippen LogP contribution is -2.07. The van der Waals surface area contributed by atoms with E-state index < -0.39 is 11.6 Å². The second-order valence-corrected chi connectivity index (χ2v) is 3.11. The summed E-state index contributed by atoms with van der Waals surface area (Å²) in [6, 6.07) is 4.44. The molecule has 0 unspecified atom stereocenters. The van der Waals surface area contributed by atoms with Crippen molar-refractivity contribution in [2.24, 2.45) is 0 Å². The molecule has 1 aromatic carbocycles. The molecule has 0 atom stereocenters. The van der Waals surface area contributed by atoms with E-state index in [2.05, 4.69) is 0 Å². The van der Waals surface area contributed by atoms with Crippen LogP contribution in [-0.2, 0) is 0 Å². The quantitative estimate of drug-likeness (QED) is 0.557. The largest absolute Gasteiger partial charge is 0.293 e. The minimum Gasteiger partial charge on any atom is -0.293 e. The zero-order chi connectivity index (χ0) is 10.7. The van der Waals surface area contributed by atoms with E-state index in [4.69, 9.17) is 16.9 Å². The minimum absolute atomic E-state index is 0.0353. The van der Waals surface area contributed by atoms with Crippen LogP contribution in [0.2, 0.25) is 0 Å². The van der Waals surface area contributed by atoms with Crippen molar-refractivity contribution in [2.45, 2.75) is 6.92 Å². The molecule has 0 amide bonds. The van der Waals surface area contributed by atoms with Crippen LogP contribution in [0.1, 0.15) is 21.5 Å². The predicted molar refractivity (Wildman–Crippen MR) is 50.9 cm³/mol. The molecule has 1 aromatic rings. The van der Waals surface area contributed by atoms with Crippen LogP contribution in [-0.4, -0.2) is 11.7 Å². The number of hydrogen-bond acceptors (Lipinski definition) is 2. The first-order chi connectivity index (χ1) is 6.60. The first-order valence-corrected chi connectivity index (χ1v) is 4.43. The number of Topliss-reactive ketones (excluding diaryl/α,β-unsaturated/α-hetero) is 1. The highest BCUT2D eigenvalue weighted by Crippen LogP contribution is 2.16. The number of nitriles is 1. The van der Waals surface area contributed by atoms with Crippen LogP contribution in [0, 0.1) is 24.1 Å². The molecular formula is C10H7ClFNO. The highest BCUT2D eigenvalue weighted by Gasteiger charge is 2.16. The van der Waals surface area contributed by atoms with E-state index in [9.17, 15) is 9.18 Å². The Hall–Kier alpha value is -1.40. The summed E-state index contributed by atoms with van der Waals surface area (Å²) in [6.07, 6.45) is 0. The highest BCUT2D eigenvalue weighted by atomic mass is 35.5. The number of alkyl halides is 1. The highest BCUT2D eigenvalue weighted by molar-refractivity contribution is 6.30. The molecule has 14 heavy (non-hydrogen) atoms. The lowest BCUT2D eigenvalue weighted by atomic mass is 10.0. The average molecular weight is 212 g/mol. The summed E-state index contributed by atoms with van der Waals surface area (Å²) in [5, 5.41) is 8.70. The Balaban J connectivity index is 3.42. The molecule has 0 heterocycles. The number of aryl methyl sites for hydroxylation is 1. The molecule has 2 nitrogen and oxygen atoms in total. The molecule has 0 fully saturated rings. The maximum absolute atomic E-state index is 13.3. The van der Waals surface area contributed by atoms with Crippen LogP contribution in [0.25, 0.3) is 0 Å². The SMILES string of the molecule is Cc1cc(F)c(C(=O)CCl)c(C#N)c1. The van der Waals surface area contributed by atoms with Crippen LogP contribution in [0.4, 0.5) is 4.39 Å². The Morgan fingerprint density at radius 3 is 2.79 bits per heavy atom. The van der Waals surface area contributed by atoms with Crippen molar-refractivity contribution < 1.29 is 9.18 Å². The van der Waals surface area contributed by atoms with E-state index in [0.717, 1.165) is 0 Å². The summed E-state index contributed by atoms with van der Waals surface area (Å²) >= 11 is 5.30. The number of hydrogen-bond donors (Lipinski definition) is 0. The van der Waals surface area contributed by atoms with Crippen LogP contribution in [0.3, 0.4) is 0 Å². The summed E-state index contributed by atoms with van der Waals surface area (Å²) in [6.45, 7) is 1.65. The third-order valence-electron chi connectivity index (χ3n) is 1.76. The normalized spacial score (nSPS) is 9.57. The summed E-state index contributed by atoms with van der Waals surface area (Å²) in [4.78, 5) is 11.2. The first kappa shape index (κ1) is 10.7. The summed E-state index contributed by atoms with van der Waals surface area (Å²) in [5.41, 5.74) is 0.423. The molecule has 72 valence electrons. The molecule has 0 N–H and O–H groups in total. The minimum atomic E-state index is -0.688. The van der Waals surface area contributed by atoms with Gasteiger partial charge in [0.25, 0.3) is 0 Å². The van der Waals surface area contributed by atoms with Gasteiger partial charge in [-0.15, -0.1) is 11.6 Å². The molecule has 0 aromatic heterocycles. The number of carbonyl (C=O) groups excluding carboxylic acids is 1. The second kappa shape index (κ2) is 4.21. The van der Waals surface area contributed by atoms with Crippen molar-refractivity contribution in [3.05, 3.63) is 34.6 Å². The van der Waals surface area contributed by atoms with Crippen LogP contribution in [0.15, 0.2) is 12.1 Å². The van der Waals surface area contributed by atoms with Gasteiger partial charge in [0.05, 0.1) is 17.0 Å². The molecule has 0 saturated carbocycles. The zero-order valence-corrected chi connectivity index (χ0v) is 8.23. The van der Waals surface area contributed by atoms with E-state index in [0.29, 0.717) is 5.56 Å². The fourth-order valence-corrected chi connectivity index (χ4v) is 1.31. The number of ketones is 1. The van der Waals surface area contributed by atoms with Gasteiger partial charge in [0.15, 0.2) is 5.78 Å². The van der Waals surface area contributed by atoms with Gasteiger partial charge < -0.3 is 0 Å². The number of benzene rings is 1. The van der Waals surface area contributed by atoms with Crippen molar-refractivity contribution in [3.8, 4) is 6.07 Å². The molecule has 0 spiro atoms. The third-order valence-corrected chi connectivity index (χ3v) is 2.00. The topological polar surface area (TPSA) is 40.9 Å². The average Bonchev–Trinajstić information content (AvgIpc) is 2.15. The van der Waals surface area contributed by atoms with Gasteiger partial charge in [0, 0.05) is 0 Å². The maximum atomic E-state index is 13.3. The molecule has 0 aliphatic heterocycles. The van der Waals surface area contributed by atoms with Gasteiger partial charge in [-0.25, -0.2) is 4.39 Å². The van der Waals surface area contributed by atoms with Gasteiger partial charge in [-0.05, 0) is 24.6 Å². The van der Waals surface area contributed by atoms with E-state index in [1.54, 1.807) is 13.0 Å². The van der Waals surface area contributed by atoms with Gasteiger partial charge in [-0.3, -0.25) is 4.79 Å². The summed E-state index contributed by atoms with van der Waals surface area (Å²) in [5.74, 6) is -1.58. The molecule has 4 heteroatoms. The Morgan fingerprint density at radius 1 is 1.64 bits per heavy atom. The summed E-state index contributed by atoms with van der Waals surface area (Å²) in [7, 11) is 0. The molecular weight excluding hydrogens is 205 g/mol. The van der Waals surface area contributed by atoms with Crippen molar-refractivity contribution >= 4 is 17.4 Å². The standard InChI is InChI=1S/C10H7ClFNO/c1-6-2-7(5-13)10(8(12)3-6)9(14)4-11/h2-3H,4H2,1H3. The van der Waals surface area contributed by atoms with E-state index in [-0.39, 0.29) is 17.0 Å². The van der Waals surface area contributed by atoms with Crippen molar-refractivity contribution in [1.29, 1.82) is 5.26 Å². The fourth-order valence-electron chi connectivity index (χ4n) is 1.18. The fraction of sp³-hybridized carbons (Fsp3) is 0.200. The lowest BCUT2D eigenvalue weighted by molar-refractivity contribution is 0.101. The zero-order valence-electron chi connectivity index (χ0n) is 7.47. The molecule has 0 aliphatic carbocycles. The Morgan fingerprint density at radius 2 is 2.29 bits per heavy atom. The van der Waals surface area contributed by atoms with Crippen LogP contribution < -0.4 is 0 Å². The van der Waals surface area contributed by atoms with Crippen LogP contribution >= 0.6 is 11.6 Å².